The van der Waals surface area contributed by atoms with E-state index in [1.807, 2.05) is 0 Å². The van der Waals surface area contributed by atoms with Gasteiger partial charge in [-0.25, -0.2) is 9.18 Å². The Kier molecular flexibility index (Phi) is 5.29. The highest BCUT2D eigenvalue weighted by molar-refractivity contribution is 6.33. The monoisotopic (exact) mass is 411 g/mol. The van der Waals surface area contributed by atoms with Crippen LogP contribution in [0, 0.1) is 11.7 Å². The molecule has 1 aliphatic heterocycles. The molecule has 0 radical (unpaired) electrons. The van der Waals surface area contributed by atoms with Crippen molar-refractivity contribution in [2.45, 2.75) is 38.3 Å². The number of carbonyl (C=O) groups is 4. The molecular weight excluding hydrogens is 393 g/mol. The van der Waals surface area contributed by atoms with Gasteiger partial charge in [0.15, 0.2) is 6.10 Å². The van der Waals surface area contributed by atoms with Crippen molar-refractivity contribution < 1.29 is 28.3 Å². The Morgan fingerprint density at radius 3 is 2.71 bits per heavy atom. The van der Waals surface area contributed by atoms with Gasteiger partial charge in [0.05, 0.1) is 10.7 Å². The van der Waals surface area contributed by atoms with Gasteiger partial charge in [-0.1, -0.05) is 11.6 Å². The zero-order chi connectivity index (χ0) is 20.6. The molecule has 3 rings (SSSR count). The Bertz CT molecular complexity index is 860. The molecule has 10 heteroatoms. The molecule has 1 heterocycles. The number of benzene rings is 1. The molecular formula is C18H19ClFN3O5. The molecule has 1 aromatic carbocycles. The summed E-state index contributed by atoms with van der Waals surface area (Å²) >= 11 is 5.84. The van der Waals surface area contributed by atoms with Crippen molar-refractivity contribution in [2.24, 2.45) is 5.92 Å². The summed E-state index contributed by atoms with van der Waals surface area (Å²) in [6.45, 7) is 2.37. The lowest BCUT2D eigenvalue weighted by Gasteiger charge is -2.21. The fourth-order valence-corrected chi connectivity index (χ4v) is 3.25. The van der Waals surface area contributed by atoms with Crippen LogP contribution < -0.4 is 10.6 Å². The van der Waals surface area contributed by atoms with E-state index in [1.165, 1.54) is 13.0 Å². The molecule has 8 nitrogen and oxygen atoms in total. The molecule has 0 unspecified atom stereocenters. The van der Waals surface area contributed by atoms with Gasteiger partial charge in [0.1, 0.15) is 17.9 Å². The zero-order valence-electron chi connectivity index (χ0n) is 15.3. The van der Waals surface area contributed by atoms with Gasteiger partial charge in [0.2, 0.25) is 0 Å². The van der Waals surface area contributed by atoms with Crippen LogP contribution in [-0.2, 0) is 19.1 Å². The normalized spacial score (nSPS) is 22.6. The van der Waals surface area contributed by atoms with Crippen LogP contribution in [0.5, 0.6) is 0 Å². The largest absolute Gasteiger partial charge is 0.451 e. The minimum atomic E-state index is -1.22. The summed E-state index contributed by atoms with van der Waals surface area (Å²) in [5.74, 6) is -2.57. The molecule has 28 heavy (non-hydrogen) atoms. The Hall–Kier alpha value is -2.68. The number of amides is 4. The maximum atomic E-state index is 13.0. The minimum absolute atomic E-state index is 0.00873. The zero-order valence-corrected chi connectivity index (χ0v) is 16.0. The number of nitrogens with zero attached hydrogens (tertiary/aromatic N) is 1. The summed E-state index contributed by atoms with van der Waals surface area (Å²) in [7, 11) is 0. The minimum Gasteiger partial charge on any atom is -0.451 e. The van der Waals surface area contributed by atoms with Crippen molar-refractivity contribution in [1.82, 2.24) is 10.2 Å². The number of urea groups is 1. The predicted octanol–water partition coefficient (Wildman–Crippen LogP) is 2.07. The van der Waals surface area contributed by atoms with Crippen LogP contribution in [0.1, 0.15) is 26.7 Å². The van der Waals surface area contributed by atoms with Gasteiger partial charge in [-0.05, 0) is 50.8 Å². The quantitative estimate of drug-likeness (QED) is 0.550. The van der Waals surface area contributed by atoms with E-state index in [4.69, 9.17) is 16.3 Å². The van der Waals surface area contributed by atoms with Gasteiger partial charge in [-0.15, -0.1) is 0 Å². The number of nitrogens with one attached hydrogen (secondary N) is 2. The van der Waals surface area contributed by atoms with Crippen molar-refractivity contribution in [1.29, 1.82) is 0 Å². The smallest absolute Gasteiger partial charge is 0.327 e. The van der Waals surface area contributed by atoms with Gasteiger partial charge >= 0.3 is 12.0 Å². The maximum absolute atomic E-state index is 13.0. The lowest BCUT2D eigenvalue weighted by Crippen LogP contribution is -2.46. The number of halogens is 2. The van der Waals surface area contributed by atoms with Crippen molar-refractivity contribution in [3.05, 3.63) is 29.0 Å². The highest BCUT2D eigenvalue weighted by Crippen LogP contribution is 2.42. The number of anilines is 1. The number of ether oxygens (including phenoxy) is 1. The summed E-state index contributed by atoms with van der Waals surface area (Å²) in [6, 6.07) is 2.76. The SMILES string of the molecule is C[C@@H](OC(=O)CN1C(=O)N[C@](C)(C2CC2)C1=O)C(=O)Nc1ccc(F)cc1Cl. The number of esters is 1. The van der Waals surface area contributed by atoms with Crippen LogP contribution in [0.3, 0.4) is 0 Å². The lowest BCUT2D eigenvalue weighted by molar-refractivity contribution is -0.155. The molecule has 1 aliphatic carbocycles. The fourth-order valence-electron chi connectivity index (χ4n) is 3.04. The Morgan fingerprint density at radius 2 is 2.11 bits per heavy atom. The average molecular weight is 412 g/mol. The second-order valence-corrected chi connectivity index (χ2v) is 7.45. The predicted molar refractivity (Wildman–Crippen MR) is 97.0 cm³/mol. The summed E-state index contributed by atoms with van der Waals surface area (Å²) < 4.78 is 18.1. The number of imide groups is 1. The van der Waals surface area contributed by atoms with Crippen LogP contribution in [-0.4, -0.2) is 46.9 Å². The molecule has 1 saturated carbocycles. The first-order valence-corrected chi connectivity index (χ1v) is 9.09. The topological polar surface area (TPSA) is 105 Å². The van der Waals surface area contributed by atoms with Crippen molar-refractivity contribution in [2.75, 3.05) is 11.9 Å². The van der Waals surface area contributed by atoms with Gasteiger partial charge in [-0.3, -0.25) is 19.3 Å². The Morgan fingerprint density at radius 1 is 1.43 bits per heavy atom. The molecule has 2 atom stereocenters. The van der Waals surface area contributed by atoms with E-state index in [2.05, 4.69) is 10.6 Å². The average Bonchev–Trinajstić information content (AvgIpc) is 3.43. The molecule has 0 bridgehead atoms. The van der Waals surface area contributed by atoms with E-state index in [0.717, 1.165) is 29.9 Å². The van der Waals surface area contributed by atoms with Crippen LogP contribution in [0.2, 0.25) is 5.02 Å². The third kappa shape index (κ3) is 3.94. The summed E-state index contributed by atoms with van der Waals surface area (Å²) in [6.07, 6.45) is 0.456. The Balaban J connectivity index is 1.56. The van der Waals surface area contributed by atoms with E-state index in [-0.39, 0.29) is 16.6 Å². The molecule has 150 valence electrons. The number of hydrogen-bond acceptors (Lipinski definition) is 5. The van der Waals surface area contributed by atoms with E-state index in [9.17, 15) is 23.6 Å². The van der Waals surface area contributed by atoms with Gasteiger partial charge in [0.25, 0.3) is 11.8 Å². The summed E-state index contributed by atoms with van der Waals surface area (Å²) in [5.41, 5.74) is -0.843. The van der Waals surface area contributed by atoms with E-state index in [0.29, 0.717) is 0 Å². The van der Waals surface area contributed by atoms with Gasteiger partial charge < -0.3 is 15.4 Å². The Labute approximate surface area is 165 Å². The van der Waals surface area contributed by atoms with Crippen molar-refractivity contribution in [3.63, 3.8) is 0 Å². The molecule has 1 saturated heterocycles. The number of carbonyl (C=O) groups excluding carboxylic acids is 4. The van der Waals surface area contributed by atoms with Crippen LogP contribution in [0.4, 0.5) is 14.9 Å². The third-order valence-corrected chi connectivity index (χ3v) is 5.16. The molecule has 2 N–H and O–H groups in total. The first-order valence-electron chi connectivity index (χ1n) is 8.71. The number of hydrogen-bond donors (Lipinski definition) is 2. The molecule has 2 fully saturated rings. The molecule has 0 aromatic heterocycles. The summed E-state index contributed by atoms with van der Waals surface area (Å²) in [4.78, 5) is 49.6. The van der Waals surface area contributed by atoms with Crippen LogP contribution in [0.15, 0.2) is 18.2 Å². The van der Waals surface area contributed by atoms with Crippen molar-refractivity contribution in [3.8, 4) is 0 Å². The number of rotatable bonds is 6. The highest BCUT2D eigenvalue weighted by atomic mass is 35.5. The van der Waals surface area contributed by atoms with Gasteiger partial charge in [-0.2, -0.15) is 0 Å². The summed E-state index contributed by atoms with van der Waals surface area (Å²) in [5, 5.41) is 5.03. The maximum Gasteiger partial charge on any atom is 0.327 e. The van der Waals surface area contributed by atoms with Crippen LogP contribution >= 0.6 is 11.6 Å². The second-order valence-electron chi connectivity index (χ2n) is 7.04. The van der Waals surface area contributed by atoms with Crippen molar-refractivity contribution >= 4 is 41.1 Å². The molecule has 0 spiro atoms. The first-order chi connectivity index (χ1) is 13.1. The van der Waals surface area contributed by atoms with Crippen LogP contribution in [0.25, 0.3) is 0 Å². The highest BCUT2D eigenvalue weighted by Gasteiger charge is 2.56. The second kappa shape index (κ2) is 7.38. The lowest BCUT2D eigenvalue weighted by atomic mass is 9.96. The molecule has 1 aromatic rings. The first kappa shape index (κ1) is 20.1. The molecule has 4 amide bonds. The molecule has 2 aliphatic rings. The third-order valence-electron chi connectivity index (χ3n) is 4.85. The van der Waals surface area contributed by atoms with E-state index >= 15 is 0 Å². The fraction of sp³-hybridized carbons (Fsp3) is 0.444. The van der Waals surface area contributed by atoms with Gasteiger partial charge in [0, 0.05) is 0 Å². The van der Waals surface area contributed by atoms with E-state index < -0.39 is 47.8 Å². The van der Waals surface area contributed by atoms with E-state index in [1.54, 1.807) is 6.92 Å². The standard InChI is InChI=1S/C18H19ClFN3O5/c1-9(15(25)21-13-6-5-11(20)7-12(13)19)28-14(24)8-23-16(26)18(2,10-3-4-10)22-17(23)27/h5-7,9-10H,3-4,8H2,1-2H3,(H,21,25)(H,22,27)/t9-,18-/m1/s1.